The normalized spacial score (nSPS) is 18.0. The molecule has 0 aromatic heterocycles. The zero-order chi connectivity index (χ0) is 17.0. The van der Waals surface area contributed by atoms with Crippen molar-refractivity contribution in [1.82, 2.24) is 10.2 Å². The van der Waals surface area contributed by atoms with Crippen molar-refractivity contribution in [3.05, 3.63) is 22.2 Å². The summed E-state index contributed by atoms with van der Waals surface area (Å²) in [6, 6.07) is 2.91. The van der Waals surface area contributed by atoms with Crippen molar-refractivity contribution in [2.45, 2.75) is 25.1 Å². The summed E-state index contributed by atoms with van der Waals surface area (Å²) in [5.41, 5.74) is 0.706. The molecule has 2 N–H and O–H groups in total. The Morgan fingerprint density at radius 3 is 2.57 bits per heavy atom. The van der Waals surface area contributed by atoms with Gasteiger partial charge in [0.25, 0.3) is 0 Å². The predicted molar refractivity (Wildman–Crippen MR) is 84.8 cm³/mol. The summed E-state index contributed by atoms with van der Waals surface area (Å²) in [6.07, 6.45) is -5.06. The topological polar surface area (TPSA) is 44.7 Å². The van der Waals surface area contributed by atoms with Crippen LogP contribution >= 0.6 is 15.9 Å². The Balaban J connectivity index is 2.30. The fourth-order valence-corrected chi connectivity index (χ4v) is 3.26. The van der Waals surface area contributed by atoms with E-state index in [1.165, 1.54) is 7.11 Å². The molecule has 0 amide bonds. The summed E-state index contributed by atoms with van der Waals surface area (Å²) in [4.78, 5) is 2.04. The van der Waals surface area contributed by atoms with Crippen LogP contribution in [0.15, 0.2) is 16.6 Å². The molecule has 1 fully saturated rings. The van der Waals surface area contributed by atoms with Crippen molar-refractivity contribution in [1.29, 1.82) is 0 Å². The lowest BCUT2D eigenvalue weighted by Crippen LogP contribution is -2.45. The van der Waals surface area contributed by atoms with Crippen LogP contribution in [0.3, 0.4) is 0 Å². The Kier molecular flexibility index (Phi) is 6.16. The minimum Gasteiger partial charge on any atom is -0.503 e. The smallest absolute Gasteiger partial charge is 0.389 e. The molecule has 1 aliphatic rings. The van der Waals surface area contributed by atoms with Gasteiger partial charge in [-0.1, -0.05) is 0 Å². The number of phenolic OH excluding ortho intramolecular Hbond substituents is 1. The first-order valence-corrected chi connectivity index (χ1v) is 8.19. The summed E-state index contributed by atoms with van der Waals surface area (Å²) in [7, 11) is 1.42. The third kappa shape index (κ3) is 4.99. The van der Waals surface area contributed by atoms with E-state index in [4.69, 9.17) is 4.74 Å². The van der Waals surface area contributed by atoms with Crippen LogP contribution in [0.25, 0.3) is 0 Å². The van der Waals surface area contributed by atoms with Crippen LogP contribution in [-0.2, 0) is 0 Å². The van der Waals surface area contributed by atoms with Gasteiger partial charge in [-0.2, -0.15) is 13.2 Å². The number of nitrogens with zero attached hydrogens (tertiary/aromatic N) is 1. The highest BCUT2D eigenvalue weighted by Gasteiger charge is 2.31. The molecule has 0 bridgehead atoms. The maximum atomic E-state index is 12.7. The van der Waals surface area contributed by atoms with E-state index in [0.717, 1.165) is 13.1 Å². The highest BCUT2D eigenvalue weighted by Crippen LogP contribution is 2.40. The summed E-state index contributed by atoms with van der Waals surface area (Å²) < 4.78 is 43.6. The van der Waals surface area contributed by atoms with E-state index < -0.39 is 12.6 Å². The van der Waals surface area contributed by atoms with Crippen molar-refractivity contribution in [3.63, 3.8) is 0 Å². The monoisotopic (exact) mass is 396 g/mol. The molecule has 4 nitrogen and oxygen atoms in total. The van der Waals surface area contributed by atoms with Crippen molar-refractivity contribution in [2.75, 3.05) is 33.3 Å². The third-order valence-electron chi connectivity index (χ3n) is 3.95. The highest BCUT2D eigenvalue weighted by atomic mass is 79.9. The Labute approximate surface area is 141 Å². The van der Waals surface area contributed by atoms with E-state index in [2.05, 4.69) is 21.2 Å². The summed E-state index contributed by atoms with van der Waals surface area (Å²) in [5.74, 6) is 0.202. The molecule has 1 saturated heterocycles. The van der Waals surface area contributed by atoms with Gasteiger partial charge in [0, 0.05) is 38.6 Å². The first-order chi connectivity index (χ1) is 10.8. The second-order valence-electron chi connectivity index (χ2n) is 5.51. The molecule has 130 valence electrons. The number of benzene rings is 1. The Hall–Kier alpha value is -0.990. The summed E-state index contributed by atoms with van der Waals surface area (Å²) >= 11 is 3.24. The van der Waals surface area contributed by atoms with E-state index in [1.807, 2.05) is 4.90 Å². The summed E-state index contributed by atoms with van der Waals surface area (Å²) in [5, 5.41) is 13.1. The number of rotatable bonds is 5. The molecule has 0 radical (unpaired) electrons. The maximum Gasteiger partial charge on any atom is 0.389 e. The molecule has 1 aromatic rings. The number of aromatic hydroxyl groups is 1. The van der Waals surface area contributed by atoms with Crippen molar-refractivity contribution < 1.29 is 23.0 Å². The van der Waals surface area contributed by atoms with Crippen LogP contribution in [0.5, 0.6) is 11.5 Å². The van der Waals surface area contributed by atoms with Crippen molar-refractivity contribution >= 4 is 15.9 Å². The largest absolute Gasteiger partial charge is 0.503 e. The third-order valence-corrected chi connectivity index (χ3v) is 4.55. The molecule has 0 saturated carbocycles. The lowest BCUT2D eigenvalue weighted by atomic mass is 9.98. The minimum atomic E-state index is -4.19. The predicted octanol–water partition coefficient (Wildman–Crippen LogP) is 3.45. The van der Waals surface area contributed by atoms with Crippen molar-refractivity contribution in [3.8, 4) is 11.5 Å². The van der Waals surface area contributed by atoms with Crippen LogP contribution in [-0.4, -0.2) is 49.5 Å². The van der Waals surface area contributed by atoms with Gasteiger partial charge in [-0.25, -0.2) is 0 Å². The molecular formula is C15H20BrF3N2O2. The SMILES string of the molecule is COc1cc([C@@H](CCC(F)(F)F)N2CCNCC2)cc(Br)c1O. The molecule has 0 unspecified atom stereocenters. The van der Waals surface area contributed by atoms with Gasteiger partial charge in [-0.3, -0.25) is 4.90 Å². The number of hydrogen-bond acceptors (Lipinski definition) is 4. The van der Waals surface area contributed by atoms with Gasteiger partial charge < -0.3 is 15.2 Å². The second-order valence-corrected chi connectivity index (χ2v) is 6.36. The van der Waals surface area contributed by atoms with Crippen LogP contribution in [0.2, 0.25) is 0 Å². The second kappa shape index (κ2) is 7.72. The van der Waals surface area contributed by atoms with Gasteiger partial charge in [0.2, 0.25) is 0 Å². The molecule has 0 aliphatic carbocycles. The Bertz CT molecular complexity index is 534. The standard InChI is InChI=1S/C15H20BrF3N2O2/c1-23-13-9-10(8-11(16)14(13)22)12(2-3-15(17,18)19)21-6-4-20-5-7-21/h8-9,12,20,22H,2-7H2,1H3/t12-/m1/s1. The van der Waals surface area contributed by atoms with Gasteiger partial charge in [-0.15, -0.1) is 0 Å². The molecule has 23 heavy (non-hydrogen) atoms. The molecule has 2 rings (SSSR count). The summed E-state index contributed by atoms with van der Waals surface area (Å²) in [6.45, 7) is 2.87. The Morgan fingerprint density at radius 2 is 2.00 bits per heavy atom. The number of nitrogens with one attached hydrogen (secondary N) is 1. The lowest BCUT2D eigenvalue weighted by molar-refractivity contribution is -0.138. The zero-order valence-corrected chi connectivity index (χ0v) is 14.4. The van der Waals surface area contributed by atoms with E-state index >= 15 is 0 Å². The minimum absolute atomic E-state index is 0.0239. The molecule has 1 atom stereocenters. The average Bonchev–Trinajstić information content (AvgIpc) is 2.50. The number of alkyl halides is 3. The molecular weight excluding hydrogens is 377 g/mol. The number of hydrogen-bond donors (Lipinski definition) is 2. The van der Waals surface area contributed by atoms with Gasteiger partial charge in [-0.05, 0) is 40.0 Å². The molecule has 1 heterocycles. The van der Waals surface area contributed by atoms with E-state index in [9.17, 15) is 18.3 Å². The van der Waals surface area contributed by atoms with E-state index in [-0.39, 0.29) is 24.0 Å². The van der Waals surface area contributed by atoms with Crippen LogP contribution in [0, 0.1) is 0 Å². The van der Waals surface area contributed by atoms with Crippen molar-refractivity contribution in [2.24, 2.45) is 0 Å². The van der Waals surface area contributed by atoms with Gasteiger partial charge in [0.05, 0.1) is 11.6 Å². The van der Waals surface area contributed by atoms with Gasteiger partial charge in [0.1, 0.15) is 0 Å². The fraction of sp³-hybridized carbons (Fsp3) is 0.600. The van der Waals surface area contributed by atoms with Crippen LogP contribution in [0.4, 0.5) is 13.2 Å². The molecule has 8 heteroatoms. The Morgan fingerprint density at radius 1 is 1.35 bits per heavy atom. The average molecular weight is 397 g/mol. The number of ether oxygens (including phenoxy) is 1. The molecule has 1 aliphatic heterocycles. The van der Waals surface area contributed by atoms with E-state index in [1.54, 1.807) is 12.1 Å². The van der Waals surface area contributed by atoms with E-state index in [0.29, 0.717) is 23.1 Å². The van der Waals surface area contributed by atoms with Crippen LogP contribution < -0.4 is 10.1 Å². The number of halogens is 4. The first kappa shape index (κ1) is 18.4. The number of methoxy groups -OCH3 is 1. The molecule has 1 aromatic carbocycles. The fourth-order valence-electron chi connectivity index (χ4n) is 2.80. The first-order valence-electron chi connectivity index (χ1n) is 7.39. The quantitative estimate of drug-likeness (QED) is 0.799. The zero-order valence-electron chi connectivity index (χ0n) is 12.8. The van der Waals surface area contributed by atoms with Gasteiger partial charge in [0.15, 0.2) is 11.5 Å². The highest BCUT2D eigenvalue weighted by molar-refractivity contribution is 9.10. The number of piperazine rings is 1. The maximum absolute atomic E-state index is 12.7. The van der Waals surface area contributed by atoms with Gasteiger partial charge >= 0.3 is 6.18 Å². The lowest BCUT2D eigenvalue weighted by Gasteiger charge is -2.35. The number of phenols is 1. The van der Waals surface area contributed by atoms with Crippen LogP contribution in [0.1, 0.15) is 24.4 Å². The molecule has 0 spiro atoms.